The van der Waals surface area contributed by atoms with Gasteiger partial charge in [-0.1, -0.05) is 6.07 Å². The second kappa shape index (κ2) is 4.89. The van der Waals surface area contributed by atoms with Gasteiger partial charge in [0.15, 0.2) is 0 Å². The number of anilines is 1. The van der Waals surface area contributed by atoms with E-state index in [0.717, 1.165) is 18.4 Å². The van der Waals surface area contributed by atoms with Crippen LogP contribution in [0.15, 0.2) is 18.2 Å². The molecule has 0 saturated carbocycles. The van der Waals surface area contributed by atoms with Crippen molar-refractivity contribution in [3.05, 3.63) is 29.6 Å². The second-order valence-electron chi connectivity index (χ2n) is 5.45. The highest BCUT2D eigenvalue weighted by atomic mass is 19.1. The molecule has 2 fully saturated rings. The lowest BCUT2D eigenvalue weighted by Gasteiger charge is -2.43. The molecule has 4 nitrogen and oxygen atoms in total. The Bertz CT molecular complexity index is 573. The van der Waals surface area contributed by atoms with Crippen LogP contribution in [-0.4, -0.2) is 35.8 Å². The van der Waals surface area contributed by atoms with Gasteiger partial charge in [-0.25, -0.2) is 4.39 Å². The van der Waals surface area contributed by atoms with Crippen LogP contribution in [0, 0.1) is 12.7 Å². The fourth-order valence-corrected chi connectivity index (χ4v) is 3.05. The minimum atomic E-state index is -0.392. The van der Waals surface area contributed by atoms with E-state index in [1.165, 1.54) is 17.0 Å². The molecule has 1 atom stereocenters. The standard InChI is InChI=1S/C15H17FN2O2/c1-10-5-6-11(16)8-13(10)18-9-14(19)17-7-3-2-4-12(17)15(18)20/h5-6,8,12H,2-4,7,9H2,1H3. The summed E-state index contributed by atoms with van der Waals surface area (Å²) in [5, 5.41) is 0. The van der Waals surface area contributed by atoms with Gasteiger partial charge in [0.25, 0.3) is 0 Å². The molecule has 1 unspecified atom stereocenters. The first-order chi connectivity index (χ1) is 9.58. The Balaban J connectivity index is 1.96. The molecular weight excluding hydrogens is 259 g/mol. The number of fused-ring (bicyclic) bond motifs is 1. The molecule has 2 aliphatic heterocycles. The van der Waals surface area contributed by atoms with Gasteiger partial charge in [-0.15, -0.1) is 0 Å². The number of benzene rings is 1. The minimum Gasteiger partial charge on any atom is -0.329 e. The van der Waals surface area contributed by atoms with Crippen molar-refractivity contribution in [3.63, 3.8) is 0 Å². The Hall–Kier alpha value is -1.91. The van der Waals surface area contributed by atoms with Crippen molar-refractivity contribution < 1.29 is 14.0 Å². The highest BCUT2D eigenvalue weighted by Crippen LogP contribution is 2.29. The summed E-state index contributed by atoms with van der Waals surface area (Å²) in [6.45, 7) is 2.49. The molecule has 1 aromatic rings. The zero-order valence-electron chi connectivity index (χ0n) is 11.4. The van der Waals surface area contributed by atoms with Crippen LogP contribution in [0.3, 0.4) is 0 Å². The SMILES string of the molecule is Cc1ccc(F)cc1N1CC(=O)N2CCCCC2C1=O. The molecule has 106 valence electrons. The normalized spacial score (nSPS) is 23.0. The van der Waals surface area contributed by atoms with Crippen molar-refractivity contribution in [1.29, 1.82) is 0 Å². The van der Waals surface area contributed by atoms with E-state index in [1.807, 2.05) is 6.92 Å². The van der Waals surface area contributed by atoms with Crippen molar-refractivity contribution in [2.24, 2.45) is 0 Å². The van der Waals surface area contributed by atoms with Gasteiger partial charge in [0, 0.05) is 6.54 Å². The predicted octanol–water partition coefficient (Wildman–Crippen LogP) is 1.86. The Morgan fingerprint density at radius 1 is 1.25 bits per heavy atom. The van der Waals surface area contributed by atoms with Crippen LogP contribution in [-0.2, 0) is 9.59 Å². The van der Waals surface area contributed by atoms with E-state index in [9.17, 15) is 14.0 Å². The Kier molecular flexibility index (Phi) is 3.20. The summed E-state index contributed by atoms with van der Waals surface area (Å²) in [4.78, 5) is 27.9. The van der Waals surface area contributed by atoms with Gasteiger partial charge in [-0.05, 0) is 43.9 Å². The summed E-state index contributed by atoms with van der Waals surface area (Å²) in [7, 11) is 0. The van der Waals surface area contributed by atoms with Gasteiger partial charge in [-0.3, -0.25) is 9.59 Å². The molecule has 0 spiro atoms. The topological polar surface area (TPSA) is 40.6 Å². The van der Waals surface area contributed by atoms with Gasteiger partial charge >= 0.3 is 0 Å². The number of aryl methyl sites for hydroxylation is 1. The fraction of sp³-hybridized carbons (Fsp3) is 0.467. The average molecular weight is 276 g/mol. The molecule has 0 bridgehead atoms. The minimum absolute atomic E-state index is 0.0135. The van der Waals surface area contributed by atoms with Crippen LogP contribution in [0.4, 0.5) is 10.1 Å². The summed E-state index contributed by atoms with van der Waals surface area (Å²) < 4.78 is 13.4. The number of piperidine rings is 1. The number of rotatable bonds is 1. The molecule has 20 heavy (non-hydrogen) atoms. The smallest absolute Gasteiger partial charge is 0.250 e. The summed E-state index contributed by atoms with van der Waals surface area (Å²) in [5.41, 5.74) is 1.31. The molecule has 0 aliphatic carbocycles. The van der Waals surface area contributed by atoms with E-state index in [-0.39, 0.29) is 24.4 Å². The lowest BCUT2D eigenvalue weighted by atomic mass is 9.97. The summed E-state index contributed by atoms with van der Waals surface area (Å²) >= 11 is 0. The summed E-state index contributed by atoms with van der Waals surface area (Å²) in [6.07, 6.45) is 2.61. The molecule has 0 N–H and O–H groups in total. The first kappa shape index (κ1) is 13.1. The Morgan fingerprint density at radius 2 is 2.05 bits per heavy atom. The van der Waals surface area contributed by atoms with E-state index in [1.54, 1.807) is 11.0 Å². The van der Waals surface area contributed by atoms with Crippen molar-refractivity contribution >= 4 is 17.5 Å². The van der Waals surface area contributed by atoms with Crippen molar-refractivity contribution in [3.8, 4) is 0 Å². The third-order valence-electron chi connectivity index (χ3n) is 4.13. The number of amides is 2. The zero-order valence-corrected chi connectivity index (χ0v) is 11.4. The number of hydrogen-bond donors (Lipinski definition) is 0. The third-order valence-corrected chi connectivity index (χ3v) is 4.13. The van der Waals surface area contributed by atoms with Gasteiger partial charge in [0.2, 0.25) is 11.8 Å². The maximum Gasteiger partial charge on any atom is 0.250 e. The molecule has 5 heteroatoms. The lowest BCUT2D eigenvalue weighted by Crippen LogP contribution is -2.61. The molecule has 0 radical (unpaired) electrons. The van der Waals surface area contributed by atoms with Gasteiger partial charge in [0.1, 0.15) is 18.4 Å². The van der Waals surface area contributed by atoms with Crippen LogP contribution in [0.1, 0.15) is 24.8 Å². The van der Waals surface area contributed by atoms with Gasteiger partial charge in [-0.2, -0.15) is 0 Å². The second-order valence-corrected chi connectivity index (χ2v) is 5.45. The lowest BCUT2D eigenvalue weighted by molar-refractivity contribution is -0.144. The largest absolute Gasteiger partial charge is 0.329 e. The average Bonchev–Trinajstić information content (AvgIpc) is 2.46. The maximum atomic E-state index is 13.4. The molecule has 1 aromatic carbocycles. The molecule has 2 heterocycles. The monoisotopic (exact) mass is 276 g/mol. The molecule has 3 rings (SSSR count). The number of carbonyl (C=O) groups is 2. The number of piperazine rings is 1. The third kappa shape index (κ3) is 2.07. The Morgan fingerprint density at radius 3 is 2.85 bits per heavy atom. The van der Waals surface area contributed by atoms with Gasteiger partial charge < -0.3 is 9.80 Å². The van der Waals surface area contributed by atoms with E-state index in [2.05, 4.69) is 0 Å². The van der Waals surface area contributed by atoms with Crippen LogP contribution >= 0.6 is 0 Å². The van der Waals surface area contributed by atoms with Crippen molar-refractivity contribution in [2.45, 2.75) is 32.2 Å². The maximum absolute atomic E-state index is 13.4. The highest BCUT2D eigenvalue weighted by Gasteiger charge is 2.41. The summed E-state index contributed by atoms with van der Waals surface area (Å²) in [5.74, 6) is -0.520. The Labute approximate surface area is 117 Å². The molecular formula is C15H17FN2O2. The van der Waals surface area contributed by atoms with Crippen LogP contribution < -0.4 is 4.90 Å². The molecule has 2 aliphatic rings. The van der Waals surface area contributed by atoms with Crippen molar-refractivity contribution in [1.82, 2.24) is 4.90 Å². The molecule has 2 saturated heterocycles. The van der Waals surface area contributed by atoms with E-state index >= 15 is 0 Å². The molecule has 0 aromatic heterocycles. The van der Waals surface area contributed by atoms with Crippen LogP contribution in [0.5, 0.6) is 0 Å². The van der Waals surface area contributed by atoms with E-state index < -0.39 is 5.82 Å². The van der Waals surface area contributed by atoms with Gasteiger partial charge in [0.05, 0.1) is 5.69 Å². The molecule has 2 amide bonds. The number of halogens is 1. The first-order valence-electron chi connectivity index (χ1n) is 6.95. The zero-order chi connectivity index (χ0) is 14.3. The van der Waals surface area contributed by atoms with E-state index in [4.69, 9.17) is 0 Å². The van der Waals surface area contributed by atoms with Crippen molar-refractivity contribution in [2.75, 3.05) is 18.0 Å². The number of nitrogens with zero attached hydrogens (tertiary/aromatic N) is 2. The quantitative estimate of drug-likeness (QED) is 0.785. The van der Waals surface area contributed by atoms with E-state index in [0.29, 0.717) is 18.7 Å². The highest BCUT2D eigenvalue weighted by molar-refractivity contribution is 6.07. The van der Waals surface area contributed by atoms with Crippen LogP contribution in [0.2, 0.25) is 0 Å². The fourth-order valence-electron chi connectivity index (χ4n) is 3.05. The first-order valence-corrected chi connectivity index (χ1v) is 6.95. The predicted molar refractivity (Wildman–Crippen MR) is 72.8 cm³/mol. The van der Waals surface area contributed by atoms with Crippen LogP contribution in [0.25, 0.3) is 0 Å². The number of carbonyl (C=O) groups excluding carboxylic acids is 2. The summed E-state index contributed by atoms with van der Waals surface area (Å²) in [6, 6.07) is 3.96. The number of hydrogen-bond acceptors (Lipinski definition) is 2.